The summed E-state index contributed by atoms with van der Waals surface area (Å²) in [4.78, 5) is 4.51. The third kappa shape index (κ3) is 5.25. The van der Waals surface area contributed by atoms with Crippen LogP contribution in [0, 0.1) is 0 Å². The summed E-state index contributed by atoms with van der Waals surface area (Å²) in [6.07, 6.45) is 1.76. The molecule has 0 aliphatic rings. The number of nitrogens with zero attached hydrogens (tertiary/aromatic N) is 1. The van der Waals surface area contributed by atoms with Gasteiger partial charge in [-0.05, 0) is 0 Å². The van der Waals surface area contributed by atoms with Gasteiger partial charge in [-0.1, -0.05) is 0 Å². The number of methoxy groups -OCH3 is 1. The predicted octanol–water partition coefficient (Wildman–Crippen LogP) is 5.96. The number of hydrogen-bond acceptors (Lipinski definition) is 3. The molecule has 0 unspecified atom stereocenters. The van der Waals surface area contributed by atoms with Gasteiger partial charge < -0.3 is 0 Å². The van der Waals surface area contributed by atoms with Gasteiger partial charge in [0.05, 0.1) is 0 Å². The van der Waals surface area contributed by atoms with Crippen LogP contribution in [0.5, 0.6) is 11.5 Å². The molecule has 0 aromatic heterocycles. The van der Waals surface area contributed by atoms with Crippen LogP contribution in [0.25, 0.3) is 0 Å². The monoisotopic (exact) mass is 400 g/mol. The fourth-order valence-corrected chi connectivity index (χ4v) is 3.48. The van der Waals surface area contributed by atoms with E-state index >= 15 is 0 Å². The number of aliphatic imine (C=N–C) groups is 1. The van der Waals surface area contributed by atoms with Crippen LogP contribution in [0.15, 0.2) is 47.5 Å². The number of benzene rings is 2. The van der Waals surface area contributed by atoms with Crippen LogP contribution in [-0.2, 0) is 21.6 Å². The van der Waals surface area contributed by atoms with Crippen LogP contribution in [0.2, 0.25) is 0 Å². The molecule has 0 spiro atoms. The average Bonchev–Trinajstić information content (AvgIpc) is 2.53. The Balaban J connectivity index is 2.56. The average molecular weight is 401 g/mol. The molecule has 2 rings (SSSR count). The SMILES string of the molecule is COc1cc(C=Nc2ccccc2)c([O][Ti]([Cl])[Cl])c(C(C)(C)C)c1. The summed E-state index contributed by atoms with van der Waals surface area (Å²) in [7, 11) is 13.7. The molecule has 0 amide bonds. The fraction of sp³-hybridized carbons (Fsp3) is 0.278. The van der Waals surface area contributed by atoms with E-state index in [4.69, 9.17) is 26.7 Å². The van der Waals surface area contributed by atoms with Crippen molar-refractivity contribution in [2.75, 3.05) is 7.11 Å². The number of ether oxygens (including phenoxy) is 1. The summed E-state index contributed by atoms with van der Waals surface area (Å²) < 4.78 is 11.3. The second-order valence-corrected chi connectivity index (χ2v) is 10.9. The molecule has 0 heterocycles. The van der Waals surface area contributed by atoms with Crippen LogP contribution < -0.4 is 8.06 Å². The van der Waals surface area contributed by atoms with Crippen molar-refractivity contribution in [1.82, 2.24) is 0 Å². The molecule has 0 saturated carbocycles. The Kier molecular flexibility index (Phi) is 6.76. The van der Waals surface area contributed by atoms with E-state index in [1.165, 1.54) is 0 Å². The molecular formula is C18H20Cl2NO2Ti. The molecule has 2 aromatic carbocycles. The van der Waals surface area contributed by atoms with E-state index in [9.17, 15) is 0 Å². The molecule has 0 aliphatic heterocycles. The van der Waals surface area contributed by atoms with Crippen LogP contribution in [0.4, 0.5) is 5.69 Å². The van der Waals surface area contributed by atoms with Crippen molar-refractivity contribution in [3.05, 3.63) is 53.6 Å². The first-order valence-electron chi connectivity index (χ1n) is 7.48. The Morgan fingerprint density at radius 1 is 1.08 bits per heavy atom. The van der Waals surface area contributed by atoms with Crippen LogP contribution in [0.3, 0.4) is 0 Å². The van der Waals surface area contributed by atoms with Gasteiger partial charge >= 0.3 is 158 Å². The molecule has 0 aliphatic carbocycles. The van der Waals surface area contributed by atoms with Gasteiger partial charge in [0.1, 0.15) is 0 Å². The molecule has 6 heteroatoms. The van der Waals surface area contributed by atoms with E-state index < -0.39 is 16.1 Å². The van der Waals surface area contributed by atoms with Crippen LogP contribution >= 0.6 is 18.6 Å². The van der Waals surface area contributed by atoms with Crippen molar-refractivity contribution in [1.29, 1.82) is 0 Å². The summed E-state index contributed by atoms with van der Waals surface area (Å²) in [5.74, 6) is 1.43. The minimum absolute atomic E-state index is 0.152. The molecule has 0 fully saturated rings. The fourth-order valence-electron chi connectivity index (χ4n) is 2.24. The summed E-state index contributed by atoms with van der Waals surface area (Å²) in [6, 6.07) is 13.6. The Hall–Kier alpha value is -0.996. The van der Waals surface area contributed by atoms with Gasteiger partial charge in [0.15, 0.2) is 0 Å². The third-order valence-corrected chi connectivity index (χ3v) is 4.62. The molecule has 127 valence electrons. The molecule has 24 heavy (non-hydrogen) atoms. The van der Waals surface area contributed by atoms with Gasteiger partial charge in [-0.25, -0.2) is 0 Å². The molecule has 3 nitrogen and oxygen atoms in total. The Morgan fingerprint density at radius 2 is 1.75 bits per heavy atom. The minimum atomic E-state index is -2.57. The maximum atomic E-state index is 6.03. The van der Waals surface area contributed by atoms with Crippen LogP contribution in [0.1, 0.15) is 31.9 Å². The zero-order valence-electron chi connectivity index (χ0n) is 14.1. The molecule has 0 saturated heterocycles. The van der Waals surface area contributed by atoms with Gasteiger partial charge in [-0.15, -0.1) is 0 Å². The first kappa shape index (κ1) is 19.3. The molecule has 2 aromatic rings. The zero-order chi connectivity index (χ0) is 17.7. The van der Waals surface area contributed by atoms with Gasteiger partial charge in [0.2, 0.25) is 0 Å². The predicted molar refractivity (Wildman–Crippen MR) is 97.7 cm³/mol. The summed E-state index contributed by atoms with van der Waals surface area (Å²) in [5, 5.41) is 0. The Bertz CT molecular complexity index is 713. The van der Waals surface area contributed by atoms with E-state index in [-0.39, 0.29) is 5.41 Å². The molecule has 0 atom stereocenters. The topological polar surface area (TPSA) is 30.8 Å². The Labute approximate surface area is 157 Å². The second kappa shape index (κ2) is 8.40. The number of halogens is 2. The van der Waals surface area contributed by atoms with Gasteiger partial charge in [-0.2, -0.15) is 0 Å². The Morgan fingerprint density at radius 3 is 2.29 bits per heavy atom. The van der Waals surface area contributed by atoms with E-state index in [2.05, 4.69) is 25.8 Å². The van der Waals surface area contributed by atoms with Crippen LogP contribution in [-0.4, -0.2) is 13.3 Å². The number of para-hydroxylation sites is 1. The normalized spacial score (nSPS) is 11.6. The van der Waals surface area contributed by atoms with Gasteiger partial charge in [0, 0.05) is 0 Å². The standard InChI is InChI=1S/C18H21NO2.2ClH.Ti/c1-18(2,3)16-11-15(21-4)10-13(17(16)20)12-19-14-8-6-5-7-9-14;;;/h5-12,20H,1-4H3;2*1H;/q;;;+3/p-3. The number of rotatable bonds is 5. The zero-order valence-corrected chi connectivity index (χ0v) is 17.2. The van der Waals surface area contributed by atoms with E-state index in [1.54, 1.807) is 13.3 Å². The van der Waals surface area contributed by atoms with Crippen molar-refractivity contribution in [2.45, 2.75) is 26.2 Å². The van der Waals surface area contributed by atoms with E-state index in [0.29, 0.717) is 5.75 Å². The first-order chi connectivity index (χ1) is 11.3. The molecule has 0 N–H and O–H groups in total. The third-order valence-electron chi connectivity index (χ3n) is 3.42. The molecule has 0 radical (unpaired) electrons. The molecule has 0 bridgehead atoms. The van der Waals surface area contributed by atoms with E-state index in [1.807, 2.05) is 42.5 Å². The second-order valence-electron chi connectivity index (χ2n) is 6.26. The van der Waals surface area contributed by atoms with Crippen molar-refractivity contribution in [2.24, 2.45) is 4.99 Å². The van der Waals surface area contributed by atoms with Crippen molar-refractivity contribution in [3.8, 4) is 11.5 Å². The summed E-state index contributed by atoms with van der Waals surface area (Å²) >= 11 is -2.57. The first-order valence-corrected chi connectivity index (χ1v) is 12.4. The van der Waals surface area contributed by atoms with E-state index in [0.717, 1.165) is 22.6 Å². The van der Waals surface area contributed by atoms with Crippen molar-refractivity contribution >= 4 is 30.5 Å². The molecular weight excluding hydrogens is 381 g/mol. The maximum absolute atomic E-state index is 6.03. The van der Waals surface area contributed by atoms with Crippen molar-refractivity contribution in [3.63, 3.8) is 0 Å². The van der Waals surface area contributed by atoms with Crippen molar-refractivity contribution < 1.29 is 24.2 Å². The quantitative estimate of drug-likeness (QED) is 0.457. The number of hydrogen-bond donors (Lipinski definition) is 0. The summed E-state index contributed by atoms with van der Waals surface area (Å²) in [5.41, 5.74) is 2.49. The summed E-state index contributed by atoms with van der Waals surface area (Å²) in [6.45, 7) is 6.32. The van der Waals surface area contributed by atoms with Gasteiger partial charge in [-0.3, -0.25) is 0 Å². The van der Waals surface area contributed by atoms with Gasteiger partial charge in [0.25, 0.3) is 0 Å².